The van der Waals surface area contributed by atoms with Crippen molar-refractivity contribution in [2.75, 3.05) is 10.5 Å². The first-order chi connectivity index (χ1) is 9.24. The number of nitrogen functional groups attached to an aromatic ring is 1. The molecule has 0 amide bonds. The summed E-state index contributed by atoms with van der Waals surface area (Å²) in [6.45, 7) is 6.79. The van der Waals surface area contributed by atoms with Crippen molar-refractivity contribution in [2.24, 2.45) is 0 Å². The lowest BCUT2D eigenvalue weighted by Gasteiger charge is -2.13. The standard InChI is InChI=1S/C13H17N3O3S/c1-7-5-6-11(8(2)12(7)14)16-20(17,18)13-9(3)15-19-10(13)4/h5-6,16H,14H2,1-4H3. The maximum Gasteiger partial charge on any atom is 0.267 e. The third-order valence-corrected chi connectivity index (χ3v) is 4.82. The first kappa shape index (κ1) is 14.4. The molecule has 3 N–H and O–H groups in total. The van der Waals surface area contributed by atoms with Crippen molar-refractivity contribution >= 4 is 21.4 Å². The van der Waals surface area contributed by atoms with E-state index in [1.165, 1.54) is 0 Å². The summed E-state index contributed by atoms with van der Waals surface area (Å²) in [7, 11) is -3.75. The lowest BCUT2D eigenvalue weighted by atomic mass is 10.1. The summed E-state index contributed by atoms with van der Waals surface area (Å²) in [4.78, 5) is 0.0658. The van der Waals surface area contributed by atoms with Gasteiger partial charge in [0.25, 0.3) is 10.0 Å². The van der Waals surface area contributed by atoms with E-state index in [0.29, 0.717) is 22.6 Å². The Kier molecular flexibility index (Phi) is 3.47. The minimum absolute atomic E-state index is 0.0658. The van der Waals surface area contributed by atoms with Crippen molar-refractivity contribution in [2.45, 2.75) is 32.6 Å². The second-order valence-corrected chi connectivity index (χ2v) is 6.35. The number of sulfonamides is 1. The molecule has 1 heterocycles. The second-order valence-electron chi connectivity index (χ2n) is 4.73. The molecule has 0 aliphatic heterocycles. The normalized spacial score (nSPS) is 11.6. The van der Waals surface area contributed by atoms with E-state index in [1.54, 1.807) is 32.9 Å². The Labute approximate surface area is 118 Å². The van der Waals surface area contributed by atoms with E-state index in [2.05, 4.69) is 9.88 Å². The number of benzene rings is 1. The fourth-order valence-electron chi connectivity index (χ4n) is 2.03. The van der Waals surface area contributed by atoms with E-state index in [9.17, 15) is 8.42 Å². The summed E-state index contributed by atoms with van der Waals surface area (Å²) < 4.78 is 32.2. The molecule has 0 spiro atoms. The summed E-state index contributed by atoms with van der Waals surface area (Å²) >= 11 is 0. The zero-order valence-electron chi connectivity index (χ0n) is 11.8. The number of aromatic nitrogens is 1. The van der Waals surface area contributed by atoms with Crippen LogP contribution in [0.1, 0.15) is 22.6 Å². The van der Waals surface area contributed by atoms with E-state index in [4.69, 9.17) is 10.3 Å². The number of hydrogen-bond acceptors (Lipinski definition) is 5. The van der Waals surface area contributed by atoms with E-state index in [1.807, 2.05) is 6.92 Å². The van der Waals surface area contributed by atoms with Crippen LogP contribution in [0.5, 0.6) is 0 Å². The number of nitrogens with one attached hydrogen (secondary N) is 1. The van der Waals surface area contributed by atoms with Crippen LogP contribution in [0.4, 0.5) is 11.4 Å². The highest BCUT2D eigenvalue weighted by atomic mass is 32.2. The fourth-order valence-corrected chi connectivity index (χ4v) is 3.48. The van der Waals surface area contributed by atoms with E-state index < -0.39 is 10.0 Å². The van der Waals surface area contributed by atoms with Crippen molar-refractivity contribution in [3.8, 4) is 0 Å². The zero-order chi connectivity index (χ0) is 15.1. The Hall–Kier alpha value is -2.02. The number of nitrogens with two attached hydrogens (primary N) is 1. The van der Waals surface area contributed by atoms with Gasteiger partial charge in [-0.1, -0.05) is 11.2 Å². The van der Waals surface area contributed by atoms with Gasteiger partial charge in [-0.3, -0.25) is 4.72 Å². The molecule has 0 saturated carbocycles. The van der Waals surface area contributed by atoms with Gasteiger partial charge in [0.05, 0.1) is 5.69 Å². The Morgan fingerprint density at radius 2 is 1.85 bits per heavy atom. The van der Waals surface area contributed by atoms with E-state index in [0.717, 1.165) is 5.56 Å². The maximum absolute atomic E-state index is 12.4. The van der Waals surface area contributed by atoms with Gasteiger partial charge in [0, 0.05) is 5.69 Å². The third kappa shape index (κ3) is 2.36. The zero-order valence-corrected chi connectivity index (χ0v) is 12.6. The molecule has 1 aromatic carbocycles. The monoisotopic (exact) mass is 295 g/mol. The van der Waals surface area contributed by atoms with Gasteiger partial charge in [0.1, 0.15) is 5.69 Å². The Morgan fingerprint density at radius 3 is 2.40 bits per heavy atom. The molecule has 20 heavy (non-hydrogen) atoms. The number of anilines is 2. The molecule has 0 aliphatic carbocycles. The van der Waals surface area contributed by atoms with Crippen LogP contribution in [0, 0.1) is 27.7 Å². The summed E-state index contributed by atoms with van der Waals surface area (Å²) in [5, 5.41) is 3.66. The molecule has 0 aliphatic rings. The van der Waals surface area contributed by atoms with Crippen molar-refractivity contribution in [3.05, 3.63) is 34.7 Å². The largest absolute Gasteiger partial charge is 0.398 e. The van der Waals surface area contributed by atoms with Gasteiger partial charge in [0.2, 0.25) is 0 Å². The van der Waals surface area contributed by atoms with Crippen LogP contribution < -0.4 is 10.5 Å². The van der Waals surface area contributed by atoms with E-state index >= 15 is 0 Å². The van der Waals surface area contributed by atoms with Crippen molar-refractivity contribution < 1.29 is 12.9 Å². The Morgan fingerprint density at radius 1 is 1.20 bits per heavy atom. The molecule has 0 saturated heterocycles. The van der Waals surface area contributed by atoms with Gasteiger partial charge in [-0.25, -0.2) is 8.42 Å². The van der Waals surface area contributed by atoms with Crippen LogP contribution in [0.25, 0.3) is 0 Å². The predicted molar refractivity (Wildman–Crippen MR) is 77.1 cm³/mol. The lowest BCUT2D eigenvalue weighted by Crippen LogP contribution is -2.15. The van der Waals surface area contributed by atoms with Crippen molar-refractivity contribution in [1.82, 2.24) is 5.16 Å². The highest BCUT2D eigenvalue weighted by Gasteiger charge is 2.25. The lowest BCUT2D eigenvalue weighted by molar-refractivity contribution is 0.390. The summed E-state index contributed by atoms with van der Waals surface area (Å²) in [5.41, 5.74) is 8.87. The second kappa shape index (κ2) is 4.82. The maximum atomic E-state index is 12.4. The quantitative estimate of drug-likeness (QED) is 0.846. The number of hydrogen-bond donors (Lipinski definition) is 2. The predicted octanol–water partition coefficient (Wildman–Crippen LogP) is 2.29. The van der Waals surface area contributed by atoms with Crippen molar-refractivity contribution in [3.63, 3.8) is 0 Å². The molecular weight excluding hydrogens is 278 g/mol. The topological polar surface area (TPSA) is 98.2 Å². The van der Waals surface area contributed by atoms with Gasteiger partial charge in [-0.2, -0.15) is 0 Å². The summed E-state index contributed by atoms with van der Waals surface area (Å²) in [5.74, 6) is 0.257. The minimum atomic E-state index is -3.75. The minimum Gasteiger partial charge on any atom is -0.398 e. The average molecular weight is 295 g/mol. The summed E-state index contributed by atoms with van der Waals surface area (Å²) in [6.07, 6.45) is 0. The van der Waals surface area contributed by atoms with E-state index in [-0.39, 0.29) is 10.7 Å². The highest BCUT2D eigenvalue weighted by Crippen LogP contribution is 2.28. The first-order valence-electron chi connectivity index (χ1n) is 6.05. The molecule has 0 radical (unpaired) electrons. The van der Waals surface area contributed by atoms with Gasteiger partial charge in [0.15, 0.2) is 10.7 Å². The Bertz CT molecular complexity index is 744. The first-order valence-corrected chi connectivity index (χ1v) is 7.53. The summed E-state index contributed by atoms with van der Waals surface area (Å²) in [6, 6.07) is 3.46. The Balaban J connectivity index is 2.47. The van der Waals surface area contributed by atoms with Crippen LogP contribution in [0.2, 0.25) is 0 Å². The smallest absolute Gasteiger partial charge is 0.267 e. The molecule has 0 bridgehead atoms. The van der Waals surface area contributed by atoms with Gasteiger partial charge < -0.3 is 10.3 Å². The number of aryl methyl sites for hydroxylation is 3. The average Bonchev–Trinajstić information content (AvgIpc) is 2.70. The number of nitrogens with zero attached hydrogens (tertiary/aromatic N) is 1. The molecule has 0 atom stereocenters. The molecule has 108 valence electrons. The molecular formula is C13H17N3O3S. The molecule has 0 fully saturated rings. The molecule has 2 aromatic rings. The third-order valence-electron chi connectivity index (χ3n) is 3.21. The number of rotatable bonds is 3. The van der Waals surface area contributed by atoms with Crippen LogP contribution >= 0.6 is 0 Å². The molecule has 0 unspecified atom stereocenters. The molecule has 7 heteroatoms. The van der Waals surface area contributed by atoms with Crippen LogP contribution in [-0.2, 0) is 10.0 Å². The van der Waals surface area contributed by atoms with Crippen LogP contribution in [-0.4, -0.2) is 13.6 Å². The van der Waals surface area contributed by atoms with Gasteiger partial charge >= 0.3 is 0 Å². The molecule has 1 aromatic heterocycles. The SMILES string of the molecule is Cc1ccc(NS(=O)(=O)c2c(C)noc2C)c(C)c1N. The van der Waals surface area contributed by atoms with Gasteiger partial charge in [-0.15, -0.1) is 0 Å². The van der Waals surface area contributed by atoms with Crippen molar-refractivity contribution in [1.29, 1.82) is 0 Å². The highest BCUT2D eigenvalue weighted by molar-refractivity contribution is 7.92. The van der Waals surface area contributed by atoms with Crippen LogP contribution in [0.15, 0.2) is 21.6 Å². The van der Waals surface area contributed by atoms with Crippen LogP contribution in [0.3, 0.4) is 0 Å². The van der Waals surface area contributed by atoms with Gasteiger partial charge in [-0.05, 0) is 44.9 Å². The fraction of sp³-hybridized carbons (Fsp3) is 0.308. The molecule has 2 rings (SSSR count). The molecule has 6 nitrogen and oxygen atoms in total.